The second-order valence-corrected chi connectivity index (χ2v) is 6.85. The van der Waals surface area contributed by atoms with Crippen molar-refractivity contribution in [1.29, 1.82) is 0 Å². The van der Waals surface area contributed by atoms with E-state index in [2.05, 4.69) is 14.8 Å². The van der Waals surface area contributed by atoms with Gasteiger partial charge in [0, 0.05) is 51.1 Å². The molecule has 0 aromatic carbocycles. The molecular weight excluding hydrogens is 278 g/mol. The maximum absolute atomic E-state index is 12.6. The number of fused-ring (bicyclic) bond motifs is 1. The van der Waals surface area contributed by atoms with E-state index >= 15 is 0 Å². The minimum atomic E-state index is 0.172. The number of hydrogen-bond donors (Lipinski definition) is 1. The van der Waals surface area contributed by atoms with Gasteiger partial charge in [0.1, 0.15) is 5.69 Å². The molecule has 2 atom stereocenters. The number of nitrogens with one attached hydrogen (secondary N) is 1. The molecule has 0 radical (unpaired) electrons. The predicted octanol–water partition coefficient (Wildman–Crippen LogP) is 1.73. The summed E-state index contributed by atoms with van der Waals surface area (Å²) >= 11 is 0. The Morgan fingerprint density at radius 2 is 2.00 bits per heavy atom. The van der Waals surface area contributed by atoms with Gasteiger partial charge in [-0.15, -0.1) is 0 Å². The van der Waals surface area contributed by atoms with E-state index in [9.17, 15) is 4.79 Å². The molecule has 1 N–H and O–H groups in total. The summed E-state index contributed by atoms with van der Waals surface area (Å²) in [7, 11) is 0. The first-order chi connectivity index (χ1) is 10.8. The summed E-state index contributed by atoms with van der Waals surface area (Å²) in [6, 6.07) is 4.76. The number of nitrogens with zero attached hydrogens (tertiary/aromatic N) is 2. The summed E-state index contributed by atoms with van der Waals surface area (Å²) in [4.78, 5) is 20.4. The quantitative estimate of drug-likeness (QED) is 0.925. The molecular formula is C17H25N3O2. The van der Waals surface area contributed by atoms with E-state index in [-0.39, 0.29) is 5.91 Å². The molecule has 4 heterocycles. The largest absolute Gasteiger partial charge is 0.381 e. The number of hydrogen-bond acceptors (Lipinski definition) is 3. The lowest BCUT2D eigenvalue weighted by atomic mass is 9.99. The zero-order valence-electron chi connectivity index (χ0n) is 13.0. The molecule has 120 valence electrons. The van der Waals surface area contributed by atoms with Gasteiger partial charge in [-0.3, -0.25) is 9.69 Å². The first-order valence-electron chi connectivity index (χ1n) is 8.59. The van der Waals surface area contributed by atoms with Crippen LogP contribution in [-0.2, 0) is 4.74 Å². The van der Waals surface area contributed by atoms with Crippen molar-refractivity contribution >= 4 is 5.91 Å². The number of aromatic nitrogens is 1. The van der Waals surface area contributed by atoms with Crippen LogP contribution in [0.25, 0.3) is 0 Å². The number of likely N-dealkylation sites (tertiary alicyclic amines) is 2. The Balaban J connectivity index is 1.39. The van der Waals surface area contributed by atoms with Crippen LogP contribution >= 0.6 is 0 Å². The summed E-state index contributed by atoms with van der Waals surface area (Å²) in [5, 5.41) is 0. The van der Waals surface area contributed by atoms with E-state index in [1.807, 2.05) is 18.3 Å². The monoisotopic (exact) mass is 303 g/mol. The molecule has 3 aliphatic heterocycles. The molecule has 0 spiro atoms. The third-order valence-electron chi connectivity index (χ3n) is 5.61. The Labute approximate surface area is 131 Å². The molecule has 1 aromatic rings. The van der Waals surface area contributed by atoms with Gasteiger partial charge in [-0.25, -0.2) is 0 Å². The molecule has 4 rings (SSSR count). The Kier molecular flexibility index (Phi) is 3.92. The lowest BCUT2D eigenvalue weighted by Crippen LogP contribution is -2.41. The maximum atomic E-state index is 12.6. The van der Waals surface area contributed by atoms with E-state index < -0.39 is 0 Å². The minimum Gasteiger partial charge on any atom is -0.381 e. The lowest BCUT2D eigenvalue weighted by molar-refractivity contribution is 0.0502. The molecule has 5 heteroatoms. The van der Waals surface area contributed by atoms with Crippen LogP contribution in [0.15, 0.2) is 18.3 Å². The molecule has 3 fully saturated rings. The molecule has 0 aliphatic carbocycles. The van der Waals surface area contributed by atoms with E-state index in [4.69, 9.17) is 4.74 Å². The molecule has 1 amide bonds. The SMILES string of the molecule is O=C(c1ccc[nH]1)N1CC[C@H]2[C@@H]1CCN2CC1CCOCC1. The van der Waals surface area contributed by atoms with Gasteiger partial charge in [0.2, 0.25) is 0 Å². The van der Waals surface area contributed by atoms with Crippen molar-refractivity contribution in [2.45, 2.75) is 37.8 Å². The molecule has 22 heavy (non-hydrogen) atoms. The van der Waals surface area contributed by atoms with Crippen LogP contribution in [0.5, 0.6) is 0 Å². The second-order valence-electron chi connectivity index (χ2n) is 6.85. The highest BCUT2D eigenvalue weighted by atomic mass is 16.5. The number of aromatic amines is 1. The fourth-order valence-electron chi connectivity index (χ4n) is 4.43. The Hall–Kier alpha value is -1.33. The van der Waals surface area contributed by atoms with E-state index in [0.29, 0.717) is 12.1 Å². The highest BCUT2D eigenvalue weighted by molar-refractivity contribution is 5.92. The van der Waals surface area contributed by atoms with Crippen molar-refractivity contribution in [2.24, 2.45) is 5.92 Å². The zero-order valence-corrected chi connectivity index (χ0v) is 13.0. The average Bonchev–Trinajstić information content (AvgIpc) is 3.26. The van der Waals surface area contributed by atoms with Gasteiger partial charge in [0.15, 0.2) is 0 Å². The summed E-state index contributed by atoms with van der Waals surface area (Å²) < 4.78 is 5.47. The summed E-state index contributed by atoms with van der Waals surface area (Å²) in [5.74, 6) is 0.950. The van der Waals surface area contributed by atoms with Crippen molar-refractivity contribution in [2.75, 3.05) is 32.8 Å². The maximum Gasteiger partial charge on any atom is 0.270 e. The Bertz CT molecular complexity index is 510. The van der Waals surface area contributed by atoms with Gasteiger partial charge in [0.25, 0.3) is 5.91 Å². The number of carbonyl (C=O) groups is 1. The van der Waals surface area contributed by atoms with Crippen molar-refractivity contribution < 1.29 is 9.53 Å². The van der Waals surface area contributed by atoms with Gasteiger partial charge >= 0.3 is 0 Å². The second kappa shape index (κ2) is 6.05. The third-order valence-corrected chi connectivity index (χ3v) is 5.61. The summed E-state index contributed by atoms with van der Waals surface area (Å²) in [6.45, 7) is 5.07. The van der Waals surface area contributed by atoms with Crippen LogP contribution in [-0.4, -0.2) is 65.6 Å². The highest BCUT2D eigenvalue weighted by Crippen LogP contribution is 2.33. The topological polar surface area (TPSA) is 48.6 Å². The van der Waals surface area contributed by atoms with Crippen LogP contribution in [0.2, 0.25) is 0 Å². The van der Waals surface area contributed by atoms with Crippen LogP contribution in [0.4, 0.5) is 0 Å². The van der Waals surface area contributed by atoms with Gasteiger partial charge in [-0.1, -0.05) is 0 Å². The number of ether oxygens (including phenoxy) is 1. The number of H-pyrrole nitrogens is 1. The van der Waals surface area contributed by atoms with Crippen molar-refractivity contribution in [3.05, 3.63) is 24.0 Å². The number of amides is 1. The molecule has 0 unspecified atom stereocenters. The van der Waals surface area contributed by atoms with E-state index in [0.717, 1.165) is 50.8 Å². The van der Waals surface area contributed by atoms with Crippen molar-refractivity contribution in [3.63, 3.8) is 0 Å². The Morgan fingerprint density at radius 1 is 1.18 bits per heavy atom. The minimum absolute atomic E-state index is 0.172. The third kappa shape index (κ3) is 2.57. The summed E-state index contributed by atoms with van der Waals surface area (Å²) in [5.41, 5.74) is 0.725. The molecule has 0 bridgehead atoms. The molecule has 5 nitrogen and oxygen atoms in total. The normalized spacial score (nSPS) is 29.9. The van der Waals surface area contributed by atoms with Gasteiger partial charge in [0.05, 0.1) is 0 Å². The van der Waals surface area contributed by atoms with Crippen LogP contribution in [0.3, 0.4) is 0 Å². The van der Waals surface area contributed by atoms with Gasteiger partial charge in [-0.2, -0.15) is 0 Å². The fourth-order valence-corrected chi connectivity index (χ4v) is 4.43. The fraction of sp³-hybridized carbons (Fsp3) is 0.706. The van der Waals surface area contributed by atoms with Crippen molar-refractivity contribution in [3.8, 4) is 0 Å². The number of carbonyl (C=O) groups excluding carboxylic acids is 1. The Morgan fingerprint density at radius 3 is 2.77 bits per heavy atom. The van der Waals surface area contributed by atoms with Crippen LogP contribution in [0, 0.1) is 5.92 Å². The first-order valence-corrected chi connectivity index (χ1v) is 8.59. The molecule has 1 aromatic heterocycles. The molecule has 3 saturated heterocycles. The van der Waals surface area contributed by atoms with Gasteiger partial charge in [-0.05, 0) is 43.7 Å². The number of rotatable bonds is 3. The zero-order chi connectivity index (χ0) is 14.9. The molecule has 3 aliphatic rings. The van der Waals surface area contributed by atoms with Crippen molar-refractivity contribution in [1.82, 2.24) is 14.8 Å². The predicted molar refractivity (Wildman–Crippen MR) is 83.8 cm³/mol. The lowest BCUT2D eigenvalue weighted by Gasteiger charge is -2.30. The van der Waals surface area contributed by atoms with Gasteiger partial charge < -0.3 is 14.6 Å². The standard InChI is InChI=1S/C17H25N3O2/c21-17(14-2-1-7-18-14)20-9-4-15-16(20)3-8-19(15)12-13-5-10-22-11-6-13/h1-2,7,13,15-16,18H,3-6,8-12H2/t15-,16-/m0/s1. The first kappa shape index (κ1) is 14.3. The average molecular weight is 303 g/mol. The van der Waals surface area contributed by atoms with E-state index in [1.54, 1.807) is 0 Å². The smallest absolute Gasteiger partial charge is 0.270 e. The highest BCUT2D eigenvalue weighted by Gasteiger charge is 2.44. The van der Waals surface area contributed by atoms with Crippen LogP contribution in [0.1, 0.15) is 36.2 Å². The van der Waals surface area contributed by atoms with E-state index in [1.165, 1.54) is 19.4 Å². The molecule has 0 saturated carbocycles. The van der Waals surface area contributed by atoms with Crippen LogP contribution < -0.4 is 0 Å². The summed E-state index contributed by atoms with van der Waals surface area (Å²) in [6.07, 6.45) is 6.46.